The largest absolute Gasteiger partial charge is 0.352 e. The highest BCUT2D eigenvalue weighted by Gasteiger charge is 2.18. The fourth-order valence-electron chi connectivity index (χ4n) is 2.20. The monoisotopic (exact) mass is 320 g/mol. The molecule has 1 aromatic rings. The molecule has 0 aromatic carbocycles. The number of amides is 1. The highest BCUT2D eigenvalue weighted by atomic mass is 16.2. The minimum absolute atomic E-state index is 0.118. The van der Waals surface area contributed by atoms with Gasteiger partial charge in [-0.1, -0.05) is 19.1 Å². The van der Waals surface area contributed by atoms with Crippen molar-refractivity contribution in [2.24, 2.45) is 11.0 Å². The Balaban J connectivity index is 1.92. The molecule has 0 bridgehead atoms. The summed E-state index contributed by atoms with van der Waals surface area (Å²) < 4.78 is 0. The van der Waals surface area contributed by atoms with Crippen LogP contribution in [0.5, 0.6) is 0 Å². The highest BCUT2D eigenvalue weighted by molar-refractivity contribution is 5.84. The van der Waals surface area contributed by atoms with E-state index in [1.165, 1.54) is 0 Å². The molecule has 1 aromatic heterocycles. The summed E-state index contributed by atoms with van der Waals surface area (Å²) in [6.45, 7) is 1.78. The molecule has 0 aliphatic heterocycles. The van der Waals surface area contributed by atoms with Crippen molar-refractivity contribution in [3.05, 3.63) is 33.0 Å². The molecule has 9 heteroatoms. The Morgan fingerprint density at radius 2 is 2.35 bits per heavy atom. The van der Waals surface area contributed by atoms with Crippen molar-refractivity contribution >= 4 is 17.9 Å². The van der Waals surface area contributed by atoms with E-state index in [0.717, 1.165) is 19.3 Å². The van der Waals surface area contributed by atoms with Gasteiger partial charge in [0.05, 0.1) is 0 Å². The molecule has 124 valence electrons. The van der Waals surface area contributed by atoms with Gasteiger partial charge in [0, 0.05) is 6.21 Å². The van der Waals surface area contributed by atoms with Crippen molar-refractivity contribution in [1.82, 2.24) is 20.6 Å². The van der Waals surface area contributed by atoms with Gasteiger partial charge in [0.15, 0.2) is 0 Å². The molecular weight excluding hydrogens is 300 g/mol. The van der Waals surface area contributed by atoms with Crippen LogP contribution in [0.1, 0.15) is 32.6 Å². The van der Waals surface area contributed by atoms with E-state index >= 15 is 0 Å². The second kappa shape index (κ2) is 8.06. The topological polar surface area (TPSA) is 132 Å². The molecule has 0 spiro atoms. The van der Waals surface area contributed by atoms with Gasteiger partial charge in [-0.05, 0) is 31.6 Å². The minimum atomic E-state index is -0.704. The number of H-pyrrole nitrogens is 2. The molecule has 2 unspecified atom stereocenters. The molecule has 23 heavy (non-hydrogen) atoms. The number of hydrogen-bond acceptors (Lipinski definition) is 6. The number of hydrazone groups is 1. The van der Waals surface area contributed by atoms with Gasteiger partial charge in [-0.25, -0.2) is 15.3 Å². The molecule has 2 atom stereocenters. The average Bonchev–Trinajstić information content (AvgIpc) is 2.55. The Bertz CT molecular complexity index is 705. The molecule has 0 saturated heterocycles. The maximum atomic E-state index is 12.1. The maximum Gasteiger partial charge on any atom is 0.342 e. The molecule has 1 heterocycles. The second-order valence-electron chi connectivity index (χ2n) is 5.26. The lowest BCUT2D eigenvalue weighted by atomic mass is 9.96. The van der Waals surface area contributed by atoms with Crippen LogP contribution in [0.3, 0.4) is 0 Å². The Morgan fingerprint density at radius 1 is 1.52 bits per heavy atom. The van der Waals surface area contributed by atoms with Gasteiger partial charge in [0.2, 0.25) is 5.82 Å². The van der Waals surface area contributed by atoms with E-state index in [1.54, 1.807) is 13.1 Å². The van der Waals surface area contributed by atoms with Crippen molar-refractivity contribution in [3.63, 3.8) is 0 Å². The number of hydrogen-bond donors (Lipinski definition) is 4. The molecule has 2 rings (SSSR count). The van der Waals surface area contributed by atoms with Crippen LogP contribution in [0.2, 0.25) is 0 Å². The third-order valence-corrected chi connectivity index (χ3v) is 3.52. The standard InChI is InChI=1S/C14H20N6O3/c1-2-10(16-11-13(22)17-14(23)20-18-11)12(21)19-15-8-9-6-4-3-5-7-9/h3-4,8-10H,2,5-7H2,1H3,(H,16,18)(H,19,21)(H2,17,20,22,23). The average molecular weight is 320 g/mol. The van der Waals surface area contributed by atoms with Gasteiger partial charge in [-0.2, -0.15) is 5.10 Å². The highest BCUT2D eigenvalue weighted by Crippen LogP contribution is 2.15. The molecule has 0 fully saturated rings. The molecule has 9 nitrogen and oxygen atoms in total. The quantitative estimate of drug-likeness (QED) is 0.335. The number of aromatic nitrogens is 3. The third kappa shape index (κ3) is 4.90. The lowest BCUT2D eigenvalue weighted by Gasteiger charge is -2.15. The summed E-state index contributed by atoms with van der Waals surface area (Å²) in [5.41, 5.74) is 1.08. The summed E-state index contributed by atoms with van der Waals surface area (Å²) in [7, 11) is 0. The predicted octanol–water partition coefficient (Wildman–Crippen LogP) is 0.107. The van der Waals surface area contributed by atoms with Gasteiger partial charge < -0.3 is 5.32 Å². The van der Waals surface area contributed by atoms with E-state index in [0.29, 0.717) is 12.3 Å². The van der Waals surface area contributed by atoms with E-state index in [1.807, 2.05) is 4.98 Å². The summed E-state index contributed by atoms with van der Waals surface area (Å²) in [5, 5.41) is 12.4. The van der Waals surface area contributed by atoms with Crippen LogP contribution in [0.15, 0.2) is 26.8 Å². The second-order valence-corrected chi connectivity index (χ2v) is 5.26. The number of nitrogens with one attached hydrogen (secondary N) is 4. The van der Waals surface area contributed by atoms with Crippen LogP contribution in [0.4, 0.5) is 5.82 Å². The fraction of sp³-hybridized carbons (Fsp3) is 0.500. The first-order valence-electron chi connectivity index (χ1n) is 7.53. The zero-order valence-corrected chi connectivity index (χ0v) is 12.8. The minimum Gasteiger partial charge on any atom is -0.352 e. The number of rotatable bonds is 6. The van der Waals surface area contributed by atoms with Crippen LogP contribution in [0.25, 0.3) is 0 Å². The molecule has 1 aliphatic rings. The van der Waals surface area contributed by atoms with Gasteiger partial charge in [-0.15, -0.1) is 5.10 Å². The van der Waals surface area contributed by atoms with E-state index in [4.69, 9.17) is 0 Å². The molecule has 4 N–H and O–H groups in total. The van der Waals surface area contributed by atoms with Crippen LogP contribution in [-0.4, -0.2) is 33.3 Å². The van der Waals surface area contributed by atoms with Crippen LogP contribution in [0, 0.1) is 5.92 Å². The Labute approximate surface area is 132 Å². The van der Waals surface area contributed by atoms with Crippen molar-refractivity contribution < 1.29 is 4.79 Å². The zero-order valence-electron chi connectivity index (χ0n) is 12.8. The molecular formula is C14H20N6O3. The SMILES string of the molecule is CCC(Nc1n[nH]c(=O)[nH]c1=O)C(=O)NN=CC1CC=CCC1. The normalized spacial score (nSPS) is 18.7. The summed E-state index contributed by atoms with van der Waals surface area (Å²) >= 11 is 0. The Kier molecular flexibility index (Phi) is 5.84. The summed E-state index contributed by atoms with van der Waals surface area (Å²) in [5.74, 6) is -0.160. The van der Waals surface area contributed by atoms with Gasteiger partial charge in [0.1, 0.15) is 6.04 Å². The van der Waals surface area contributed by atoms with Gasteiger partial charge in [-0.3, -0.25) is 14.6 Å². The van der Waals surface area contributed by atoms with Crippen molar-refractivity contribution in [1.29, 1.82) is 0 Å². The number of aromatic amines is 2. The van der Waals surface area contributed by atoms with Crippen molar-refractivity contribution in [2.75, 3.05) is 5.32 Å². The Morgan fingerprint density at radius 3 is 3.00 bits per heavy atom. The van der Waals surface area contributed by atoms with Crippen LogP contribution < -0.4 is 22.0 Å². The van der Waals surface area contributed by atoms with Crippen molar-refractivity contribution in [2.45, 2.75) is 38.6 Å². The first kappa shape index (κ1) is 16.7. The molecule has 0 radical (unpaired) electrons. The van der Waals surface area contributed by atoms with Gasteiger partial charge >= 0.3 is 5.69 Å². The number of nitrogens with zero attached hydrogens (tertiary/aromatic N) is 2. The van der Waals surface area contributed by atoms with E-state index in [-0.39, 0.29) is 11.7 Å². The predicted molar refractivity (Wildman–Crippen MR) is 86.3 cm³/mol. The summed E-state index contributed by atoms with van der Waals surface area (Å²) in [6.07, 6.45) is 9.35. The van der Waals surface area contributed by atoms with E-state index < -0.39 is 17.3 Å². The van der Waals surface area contributed by atoms with Crippen LogP contribution >= 0.6 is 0 Å². The zero-order chi connectivity index (χ0) is 16.7. The number of anilines is 1. The lowest BCUT2D eigenvalue weighted by molar-refractivity contribution is -0.121. The third-order valence-electron chi connectivity index (χ3n) is 3.52. The van der Waals surface area contributed by atoms with Crippen molar-refractivity contribution in [3.8, 4) is 0 Å². The number of carbonyl (C=O) groups excluding carboxylic acids is 1. The van der Waals surface area contributed by atoms with E-state index in [9.17, 15) is 14.4 Å². The van der Waals surface area contributed by atoms with E-state index in [2.05, 4.69) is 38.2 Å². The first-order valence-corrected chi connectivity index (χ1v) is 7.53. The fourth-order valence-corrected chi connectivity index (χ4v) is 2.20. The number of allylic oxidation sites excluding steroid dienone is 2. The number of carbonyl (C=O) groups is 1. The van der Waals surface area contributed by atoms with Gasteiger partial charge in [0.25, 0.3) is 11.5 Å². The molecule has 1 aliphatic carbocycles. The summed E-state index contributed by atoms with van der Waals surface area (Å²) in [4.78, 5) is 36.6. The molecule has 0 saturated carbocycles. The lowest BCUT2D eigenvalue weighted by Crippen LogP contribution is -2.39. The van der Waals surface area contributed by atoms with Crippen LogP contribution in [-0.2, 0) is 4.79 Å². The smallest absolute Gasteiger partial charge is 0.342 e. The first-order chi connectivity index (χ1) is 11.1. The molecule has 1 amide bonds. The summed E-state index contributed by atoms with van der Waals surface area (Å²) in [6, 6.07) is -0.682. The Hall–Kier alpha value is -2.71. The maximum absolute atomic E-state index is 12.1.